The summed E-state index contributed by atoms with van der Waals surface area (Å²) >= 11 is 0. The number of esters is 1. The molecule has 3 aromatic rings. The number of piperidine rings is 1. The van der Waals surface area contributed by atoms with Crippen molar-refractivity contribution in [2.75, 3.05) is 20.2 Å². The Morgan fingerprint density at radius 1 is 1.03 bits per heavy atom. The Bertz CT molecular complexity index is 1130. The first kappa shape index (κ1) is 19.8. The van der Waals surface area contributed by atoms with Gasteiger partial charge in [-0.15, -0.1) is 5.10 Å². The maximum atomic E-state index is 12.8. The number of fused-ring (bicyclic) bond motifs is 1. The van der Waals surface area contributed by atoms with Crippen molar-refractivity contribution in [1.29, 1.82) is 0 Å². The molecule has 8 heteroatoms. The van der Waals surface area contributed by atoms with Crippen molar-refractivity contribution in [2.24, 2.45) is 0 Å². The molecule has 0 aliphatic carbocycles. The summed E-state index contributed by atoms with van der Waals surface area (Å²) in [5.41, 5.74) is 0.265. The number of rotatable bonds is 4. The summed E-state index contributed by atoms with van der Waals surface area (Å²) in [4.78, 5) is 39.7. The van der Waals surface area contributed by atoms with Gasteiger partial charge in [-0.1, -0.05) is 47.7 Å². The van der Waals surface area contributed by atoms with Gasteiger partial charge < -0.3 is 9.64 Å². The van der Waals surface area contributed by atoms with E-state index in [-0.39, 0.29) is 24.0 Å². The van der Waals surface area contributed by atoms with Gasteiger partial charge in [0.05, 0.1) is 17.9 Å². The van der Waals surface area contributed by atoms with Crippen LogP contribution in [0.3, 0.4) is 0 Å². The third-order valence-electron chi connectivity index (χ3n) is 5.79. The molecule has 1 aliphatic rings. The van der Waals surface area contributed by atoms with Crippen molar-refractivity contribution < 1.29 is 14.3 Å². The number of aromatic nitrogens is 3. The summed E-state index contributed by atoms with van der Waals surface area (Å²) < 4.78 is 6.18. The highest BCUT2D eigenvalue weighted by atomic mass is 16.5. The highest BCUT2D eigenvalue weighted by Gasteiger charge is 2.44. The molecule has 0 bridgehead atoms. The van der Waals surface area contributed by atoms with Crippen LogP contribution >= 0.6 is 0 Å². The fourth-order valence-electron chi connectivity index (χ4n) is 4.06. The fourth-order valence-corrected chi connectivity index (χ4v) is 4.06. The predicted molar refractivity (Wildman–Crippen MR) is 110 cm³/mol. The van der Waals surface area contributed by atoms with Crippen molar-refractivity contribution in [1.82, 2.24) is 19.9 Å². The number of methoxy groups -OCH3 is 1. The van der Waals surface area contributed by atoms with Crippen LogP contribution < -0.4 is 5.56 Å². The van der Waals surface area contributed by atoms with E-state index in [1.54, 1.807) is 29.2 Å². The first-order valence-corrected chi connectivity index (χ1v) is 9.79. The number of nitrogens with zero attached hydrogens (tertiary/aromatic N) is 4. The van der Waals surface area contributed by atoms with Crippen molar-refractivity contribution in [3.05, 3.63) is 70.5 Å². The first-order valence-electron chi connectivity index (χ1n) is 9.79. The van der Waals surface area contributed by atoms with Crippen molar-refractivity contribution >= 4 is 22.8 Å². The van der Waals surface area contributed by atoms with E-state index in [1.807, 2.05) is 30.3 Å². The minimum absolute atomic E-state index is 0.187. The summed E-state index contributed by atoms with van der Waals surface area (Å²) in [6.45, 7) is 0.588. The molecule has 2 aromatic carbocycles. The average Bonchev–Trinajstić information content (AvgIpc) is 2.81. The van der Waals surface area contributed by atoms with Gasteiger partial charge in [-0.05, 0) is 30.5 Å². The average molecular weight is 406 g/mol. The number of amides is 1. The van der Waals surface area contributed by atoms with Crippen LogP contribution in [0.25, 0.3) is 10.9 Å². The maximum Gasteiger partial charge on any atom is 0.316 e. The van der Waals surface area contributed by atoms with E-state index >= 15 is 0 Å². The number of hydrogen-bond donors (Lipinski definition) is 0. The van der Waals surface area contributed by atoms with E-state index in [9.17, 15) is 14.4 Å². The topological polar surface area (TPSA) is 94.4 Å². The zero-order valence-corrected chi connectivity index (χ0v) is 16.7. The van der Waals surface area contributed by atoms with Gasteiger partial charge in [0, 0.05) is 13.1 Å². The Balaban J connectivity index is 1.51. The Kier molecular flexibility index (Phi) is 5.31. The standard InChI is InChI=1S/C22H22N4O4/c1-30-21(29)22(16-7-3-2-4-8-16)11-13-25(14-12-22)19(27)15-26-20(28)17-9-5-6-10-18(17)23-24-26/h2-10H,11-15H2,1H3. The lowest BCUT2D eigenvalue weighted by molar-refractivity contribution is -0.151. The third kappa shape index (κ3) is 3.45. The number of benzene rings is 2. The molecule has 0 saturated carbocycles. The molecule has 0 spiro atoms. The molecule has 1 aromatic heterocycles. The lowest BCUT2D eigenvalue weighted by Crippen LogP contribution is -2.50. The fraction of sp³-hybridized carbons (Fsp3) is 0.318. The first-order chi connectivity index (χ1) is 14.5. The molecular formula is C22H22N4O4. The van der Waals surface area contributed by atoms with E-state index in [2.05, 4.69) is 10.3 Å². The van der Waals surface area contributed by atoms with Gasteiger partial charge in [0.1, 0.15) is 12.1 Å². The monoisotopic (exact) mass is 406 g/mol. The second-order valence-electron chi connectivity index (χ2n) is 7.39. The molecule has 0 N–H and O–H groups in total. The van der Waals surface area contributed by atoms with Gasteiger partial charge in [-0.3, -0.25) is 14.4 Å². The Morgan fingerprint density at radius 3 is 2.40 bits per heavy atom. The number of carbonyl (C=O) groups is 2. The lowest BCUT2D eigenvalue weighted by Gasteiger charge is -2.40. The molecule has 0 unspecified atom stereocenters. The summed E-state index contributed by atoms with van der Waals surface area (Å²) in [6.07, 6.45) is 0.904. The van der Waals surface area contributed by atoms with Crippen LogP contribution in [0.1, 0.15) is 18.4 Å². The molecule has 8 nitrogen and oxygen atoms in total. The van der Waals surface area contributed by atoms with Crippen LogP contribution in [0.2, 0.25) is 0 Å². The van der Waals surface area contributed by atoms with Gasteiger partial charge in [0.2, 0.25) is 5.91 Å². The van der Waals surface area contributed by atoms with Gasteiger partial charge in [-0.2, -0.15) is 0 Å². The number of carbonyl (C=O) groups excluding carboxylic acids is 2. The number of likely N-dealkylation sites (tertiary alicyclic amines) is 1. The molecule has 1 saturated heterocycles. The number of hydrogen-bond acceptors (Lipinski definition) is 6. The van der Waals surface area contributed by atoms with Crippen LogP contribution in [-0.4, -0.2) is 52.0 Å². The molecule has 4 rings (SSSR count). The normalized spacial score (nSPS) is 15.7. The van der Waals surface area contributed by atoms with Crippen LogP contribution in [0.5, 0.6) is 0 Å². The van der Waals surface area contributed by atoms with Gasteiger partial charge in [0.25, 0.3) is 5.56 Å². The summed E-state index contributed by atoms with van der Waals surface area (Å²) in [7, 11) is 1.38. The quantitative estimate of drug-likeness (QED) is 0.610. The zero-order chi connectivity index (χ0) is 21.1. The third-order valence-corrected chi connectivity index (χ3v) is 5.79. The Morgan fingerprint density at radius 2 is 1.70 bits per heavy atom. The van der Waals surface area contributed by atoms with E-state index in [4.69, 9.17) is 4.74 Å². The molecular weight excluding hydrogens is 384 g/mol. The van der Waals surface area contributed by atoms with Crippen LogP contribution in [0.15, 0.2) is 59.4 Å². The summed E-state index contributed by atoms with van der Waals surface area (Å²) in [5.74, 6) is -0.523. The minimum atomic E-state index is -0.771. The largest absolute Gasteiger partial charge is 0.468 e. The molecule has 0 radical (unpaired) electrons. The molecule has 1 aliphatic heterocycles. The SMILES string of the molecule is COC(=O)C1(c2ccccc2)CCN(C(=O)Cn2nnc3ccccc3c2=O)CC1. The van der Waals surface area contributed by atoms with Crippen molar-refractivity contribution in [3.8, 4) is 0 Å². The van der Waals surface area contributed by atoms with Gasteiger partial charge >= 0.3 is 5.97 Å². The highest BCUT2D eigenvalue weighted by Crippen LogP contribution is 2.36. The second kappa shape index (κ2) is 8.06. The van der Waals surface area contributed by atoms with Crippen molar-refractivity contribution in [2.45, 2.75) is 24.8 Å². The second-order valence-corrected chi connectivity index (χ2v) is 7.39. The Hall–Kier alpha value is -3.55. The summed E-state index contributed by atoms with van der Waals surface area (Å²) in [6, 6.07) is 16.4. The van der Waals surface area contributed by atoms with Gasteiger partial charge in [0.15, 0.2) is 0 Å². The van der Waals surface area contributed by atoms with E-state index in [0.717, 1.165) is 10.2 Å². The van der Waals surface area contributed by atoms with Crippen LogP contribution in [-0.2, 0) is 26.3 Å². The van der Waals surface area contributed by atoms with E-state index in [1.165, 1.54) is 7.11 Å². The van der Waals surface area contributed by atoms with E-state index < -0.39 is 5.41 Å². The van der Waals surface area contributed by atoms with Crippen molar-refractivity contribution in [3.63, 3.8) is 0 Å². The molecule has 1 amide bonds. The minimum Gasteiger partial charge on any atom is -0.468 e. The maximum absolute atomic E-state index is 12.8. The molecule has 1 fully saturated rings. The predicted octanol–water partition coefficient (Wildman–Crippen LogP) is 1.52. The van der Waals surface area contributed by atoms with Gasteiger partial charge in [-0.25, -0.2) is 4.68 Å². The van der Waals surface area contributed by atoms with Crippen LogP contribution in [0.4, 0.5) is 0 Å². The highest BCUT2D eigenvalue weighted by molar-refractivity contribution is 5.84. The molecule has 30 heavy (non-hydrogen) atoms. The number of ether oxygens (including phenoxy) is 1. The molecule has 0 atom stereocenters. The smallest absolute Gasteiger partial charge is 0.316 e. The summed E-state index contributed by atoms with van der Waals surface area (Å²) in [5, 5.41) is 8.33. The lowest BCUT2D eigenvalue weighted by atomic mass is 9.72. The van der Waals surface area contributed by atoms with E-state index in [0.29, 0.717) is 36.8 Å². The zero-order valence-electron chi connectivity index (χ0n) is 16.7. The molecule has 2 heterocycles. The Labute approximate surface area is 173 Å². The molecule has 154 valence electrons. The van der Waals surface area contributed by atoms with Crippen LogP contribution in [0, 0.1) is 0 Å².